The van der Waals surface area contributed by atoms with Crippen LogP contribution in [-0.4, -0.2) is 23.9 Å². The van der Waals surface area contributed by atoms with E-state index in [9.17, 15) is 5.11 Å². The van der Waals surface area contributed by atoms with Crippen LogP contribution in [0.4, 0.5) is 0 Å². The number of ether oxygens (including phenoxy) is 1. The molecule has 0 rings (SSSR count). The van der Waals surface area contributed by atoms with Gasteiger partial charge in [0.25, 0.3) is 0 Å². The first kappa shape index (κ1) is 13.5. The number of aliphatic hydroxyl groups excluding tert-OH is 1. The van der Waals surface area contributed by atoms with E-state index in [4.69, 9.17) is 11.2 Å². The fraction of sp³-hybridized carbons (Fsp3) is 0.833. The van der Waals surface area contributed by atoms with Crippen LogP contribution in [0.25, 0.3) is 0 Å². The van der Waals surface area contributed by atoms with Gasteiger partial charge in [-0.15, -0.1) is 12.3 Å². The van der Waals surface area contributed by atoms with Crippen LogP contribution in [0.1, 0.15) is 40.0 Å². The number of rotatable bonds is 7. The monoisotopic (exact) mass is 198 g/mol. The number of aliphatic hydroxyl groups is 1. The molecule has 1 N–H and O–H groups in total. The first-order chi connectivity index (χ1) is 6.63. The van der Waals surface area contributed by atoms with Gasteiger partial charge in [0.2, 0.25) is 0 Å². The van der Waals surface area contributed by atoms with Crippen LogP contribution >= 0.6 is 0 Å². The second kappa shape index (κ2) is 7.84. The van der Waals surface area contributed by atoms with Crippen LogP contribution in [0.2, 0.25) is 0 Å². The van der Waals surface area contributed by atoms with Gasteiger partial charge in [0.1, 0.15) is 0 Å². The Labute approximate surface area is 87.7 Å². The Morgan fingerprint density at radius 3 is 2.50 bits per heavy atom. The van der Waals surface area contributed by atoms with E-state index in [2.05, 4.69) is 19.8 Å². The Morgan fingerprint density at radius 2 is 2.07 bits per heavy atom. The molecule has 0 aromatic rings. The third-order valence-corrected chi connectivity index (χ3v) is 2.22. The number of unbranched alkanes of at least 4 members (excludes halogenated alkanes) is 1. The zero-order chi connectivity index (χ0) is 11.0. The predicted molar refractivity (Wildman–Crippen MR) is 58.9 cm³/mol. The topological polar surface area (TPSA) is 29.5 Å². The smallest absolute Gasteiger partial charge is 0.0856 e. The summed E-state index contributed by atoms with van der Waals surface area (Å²) < 4.78 is 5.49. The molecule has 0 spiro atoms. The Kier molecular flexibility index (Phi) is 7.55. The maximum absolute atomic E-state index is 9.84. The van der Waals surface area contributed by atoms with E-state index in [0.29, 0.717) is 12.5 Å². The predicted octanol–water partition coefficient (Wildman–Crippen LogP) is 2.21. The summed E-state index contributed by atoms with van der Waals surface area (Å²) in [5, 5.41) is 9.84. The molecule has 0 heterocycles. The zero-order valence-electron chi connectivity index (χ0n) is 9.49. The van der Waals surface area contributed by atoms with Crippen molar-refractivity contribution < 1.29 is 9.84 Å². The van der Waals surface area contributed by atoms with Gasteiger partial charge in [-0.1, -0.05) is 13.8 Å². The summed E-state index contributed by atoms with van der Waals surface area (Å²) in [6.45, 7) is 6.72. The molecule has 82 valence electrons. The van der Waals surface area contributed by atoms with Crippen molar-refractivity contribution in [3.05, 3.63) is 0 Å². The van der Waals surface area contributed by atoms with Gasteiger partial charge >= 0.3 is 0 Å². The summed E-state index contributed by atoms with van der Waals surface area (Å²) in [6, 6.07) is 0. The largest absolute Gasteiger partial charge is 0.390 e. The van der Waals surface area contributed by atoms with Gasteiger partial charge in [0.15, 0.2) is 0 Å². The molecule has 0 aliphatic rings. The maximum Gasteiger partial charge on any atom is 0.0856 e. The highest BCUT2D eigenvalue weighted by atomic mass is 16.5. The molecule has 14 heavy (non-hydrogen) atoms. The fourth-order valence-corrected chi connectivity index (χ4v) is 1.52. The summed E-state index contributed by atoms with van der Waals surface area (Å²) >= 11 is 0. The molecule has 2 atom stereocenters. The lowest BCUT2D eigenvalue weighted by Crippen LogP contribution is -2.33. The number of hydrogen-bond acceptors (Lipinski definition) is 2. The molecule has 0 radical (unpaired) electrons. The van der Waals surface area contributed by atoms with Crippen LogP contribution in [0, 0.1) is 18.3 Å². The molecule has 0 bridgehead atoms. The van der Waals surface area contributed by atoms with Crippen molar-refractivity contribution in [2.75, 3.05) is 6.61 Å². The Hall–Kier alpha value is -0.520. The van der Waals surface area contributed by atoms with Crippen molar-refractivity contribution in [3.8, 4) is 12.3 Å². The van der Waals surface area contributed by atoms with Gasteiger partial charge in [-0.25, -0.2) is 0 Å². The minimum atomic E-state index is -0.386. The first-order valence-electron chi connectivity index (χ1n) is 5.36. The molecule has 0 aliphatic heterocycles. The number of terminal acetylenes is 1. The molecule has 2 heteroatoms. The van der Waals surface area contributed by atoms with Gasteiger partial charge < -0.3 is 9.84 Å². The molecule has 0 aliphatic carbocycles. The van der Waals surface area contributed by atoms with E-state index in [1.807, 2.05) is 6.92 Å². The van der Waals surface area contributed by atoms with E-state index in [1.54, 1.807) is 0 Å². The lowest BCUT2D eigenvalue weighted by atomic mass is 9.98. The summed E-state index contributed by atoms with van der Waals surface area (Å²) in [5.41, 5.74) is 0. The second-order valence-electron chi connectivity index (χ2n) is 3.83. The summed E-state index contributed by atoms with van der Waals surface area (Å²) in [4.78, 5) is 0. The first-order valence-corrected chi connectivity index (χ1v) is 5.36. The molecular formula is C12H22O2. The molecule has 0 aromatic heterocycles. The molecule has 0 amide bonds. The van der Waals surface area contributed by atoms with Crippen LogP contribution in [-0.2, 0) is 4.74 Å². The molecule has 0 saturated heterocycles. The van der Waals surface area contributed by atoms with E-state index < -0.39 is 0 Å². The van der Waals surface area contributed by atoms with Crippen LogP contribution < -0.4 is 0 Å². The normalized spacial score (nSPS) is 15.1. The third kappa shape index (κ3) is 5.26. The Bertz CT molecular complexity index is 170. The molecule has 0 aromatic carbocycles. The van der Waals surface area contributed by atoms with Gasteiger partial charge in [-0.3, -0.25) is 0 Å². The zero-order valence-corrected chi connectivity index (χ0v) is 9.49. The highest BCUT2D eigenvalue weighted by molar-refractivity contribution is 4.84. The minimum Gasteiger partial charge on any atom is -0.390 e. The Morgan fingerprint density at radius 1 is 1.43 bits per heavy atom. The average molecular weight is 198 g/mol. The van der Waals surface area contributed by atoms with Crippen molar-refractivity contribution in [1.29, 1.82) is 0 Å². The van der Waals surface area contributed by atoms with Gasteiger partial charge in [0.05, 0.1) is 12.2 Å². The molecular weight excluding hydrogens is 176 g/mol. The fourth-order valence-electron chi connectivity index (χ4n) is 1.52. The van der Waals surface area contributed by atoms with Crippen molar-refractivity contribution in [1.82, 2.24) is 0 Å². The lowest BCUT2D eigenvalue weighted by molar-refractivity contribution is -0.0600. The highest BCUT2D eigenvalue weighted by Crippen LogP contribution is 2.15. The van der Waals surface area contributed by atoms with E-state index in [1.165, 1.54) is 0 Å². The second-order valence-corrected chi connectivity index (χ2v) is 3.83. The van der Waals surface area contributed by atoms with Crippen molar-refractivity contribution in [2.45, 2.75) is 52.2 Å². The van der Waals surface area contributed by atoms with Gasteiger partial charge in [0, 0.05) is 13.0 Å². The summed E-state index contributed by atoms with van der Waals surface area (Å²) in [7, 11) is 0. The van der Waals surface area contributed by atoms with Crippen molar-refractivity contribution in [2.24, 2.45) is 5.92 Å². The van der Waals surface area contributed by atoms with Crippen LogP contribution in [0.15, 0.2) is 0 Å². The lowest BCUT2D eigenvalue weighted by Gasteiger charge is -2.26. The molecule has 2 unspecified atom stereocenters. The van der Waals surface area contributed by atoms with Crippen molar-refractivity contribution in [3.63, 3.8) is 0 Å². The standard InChI is InChI=1S/C12H22O2/c1-5-7-8-9-11(13)12(10(3)4)14-6-2/h1,10-13H,6-9H2,2-4H3. The molecule has 2 nitrogen and oxygen atoms in total. The summed E-state index contributed by atoms with van der Waals surface area (Å²) in [5.74, 6) is 2.91. The maximum atomic E-state index is 9.84. The SMILES string of the molecule is C#CCCCC(O)C(OCC)C(C)C. The summed E-state index contributed by atoms with van der Waals surface area (Å²) in [6.07, 6.45) is 7.03. The number of hydrogen-bond donors (Lipinski definition) is 1. The highest BCUT2D eigenvalue weighted by Gasteiger charge is 2.22. The average Bonchev–Trinajstić information content (AvgIpc) is 2.13. The van der Waals surface area contributed by atoms with Gasteiger partial charge in [-0.05, 0) is 25.7 Å². The van der Waals surface area contributed by atoms with Crippen molar-refractivity contribution >= 4 is 0 Å². The van der Waals surface area contributed by atoms with Crippen LogP contribution in [0.3, 0.4) is 0 Å². The Balaban J connectivity index is 3.89. The molecule has 0 saturated carbocycles. The quantitative estimate of drug-likeness (QED) is 0.502. The van der Waals surface area contributed by atoms with Crippen LogP contribution in [0.5, 0.6) is 0 Å². The minimum absolute atomic E-state index is 0.0576. The van der Waals surface area contributed by atoms with Gasteiger partial charge in [-0.2, -0.15) is 0 Å². The van der Waals surface area contributed by atoms with E-state index >= 15 is 0 Å². The van der Waals surface area contributed by atoms with E-state index in [0.717, 1.165) is 19.3 Å². The molecule has 0 fully saturated rings. The third-order valence-electron chi connectivity index (χ3n) is 2.22. The van der Waals surface area contributed by atoms with E-state index in [-0.39, 0.29) is 12.2 Å².